The zero-order chi connectivity index (χ0) is 30.6. The number of hydrogen-bond acceptors (Lipinski definition) is 10. The molecule has 1 aromatic heterocycles. The molecule has 1 N–H and O–H groups in total. The topological polar surface area (TPSA) is 149 Å². The number of amides is 1. The highest BCUT2D eigenvalue weighted by atomic mass is 32.1. The average molecular weight is 594 g/mol. The van der Waals surface area contributed by atoms with Gasteiger partial charge in [-0.1, -0.05) is 38.5 Å². The first-order chi connectivity index (χ1) is 20.0. The number of carbonyl (C=O) groups excluding carboxylic acids is 3. The van der Waals surface area contributed by atoms with E-state index in [2.05, 4.69) is 4.98 Å². The Hall–Kier alpha value is -4.58. The Morgan fingerprint density at radius 1 is 1.14 bits per heavy atom. The van der Waals surface area contributed by atoms with Crippen LogP contribution in [0.25, 0.3) is 5.76 Å². The summed E-state index contributed by atoms with van der Waals surface area (Å²) >= 11 is 0.888. The number of nitro benzene ring substituents is 1. The van der Waals surface area contributed by atoms with Gasteiger partial charge in [-0.2, -0.15) is 0 Å². The van der Waals surface area contributed by atoms with Gasteiger partial charge in [-0.05, 0) is 61.2 Å². The van der Waals surface area contributed by atoms with E-state index in [0.29, 0.717) is 23.6 Å². The van der Waals surface area contributed by atoms with E-state index in [-0.39, 0.29) is 39.4 Å². The summed E-state index contributed by atoms with van der Waals surface area (Å²) in [5.41, 5.74) is 0.514. The second kappa shape index (κ2) is 12.9. The van der Waals surface area contributed by atoms with Gasteiger partial charge in [0.25, 0.3) is 11.5 Å². The van der Waals surface area contributed by atoms with E-state index in [4.69, 9.17) is 9.47 Å². The number of aryl methyl sites for hydroxylation is 1. The number of thiazole rings is 1. The Morgan fingerprint density at radius 3 is 2.40 bits per heavy atom. The minimum Gasteiger partial charge on any atom is -0.507 e. The fourth-order valence-electron chi connectivity index (χ4n) is 4.30. The van der Waals surface area contributed by atoms with E-state index in [1.54, 1.807) is 31.2 Å². The summed E-state index contributed by atoms with van der Waals surface area (Å²) in [7, 11) is 0. The molecule has 1 fully saturated rings. The van der Waals surface area contributed by atoms with Crippen molar-refractivity contribution in [2.75, 3.05) is 18.1 Å². The average Bonchev–Trinajstić information content (AvgIpc) is 3.48. The number of unbranched alkanes of at least 4 members (excludes halogenated alkanes) is 1. The Balaban J connectivity index is 1.79. The molecule has 0 saturated carbocycles. The highest BCUT2D eigenvalue weighted by Crippen LogP contribution is 2.44. The molecule has 0 aliphatic carbocycles. The number of ether oxygens (including phenoxy) is 2. The fraction of sp³-hybridized carbons (Fsp3) is 0.333. The smallest absolute Gasteiger partial charge is 0.350 e. The summed E-state index contributed by atoms with van der Waals surface area (Å²) in [4.78, 5) is 56.0. The number of aromatic nitrogens is 1. The fourth-order valence-corrected chi connectivity index (χ4v) is 5.29. The van der Waals surface area contributed by atoms with Crippen molar-refractivity contribution in [2.24, 2.45) is 5.92 Å². The lowest BCUT2D eigenvalue weighted by molar-refractivity contribution is -0.384. The Labute approximate surface area is 246 Å². The molecule has 1 atom stereocenters. The molecule has 1 aliphatic rings. The molecule has 0 bridgehead atoms. The number of carbonyl (C=O) groups is 3. The van der Waals surface area contributed by atoms with Gasteiger partial charge in [0.15, 0.2) is 5.13 Å². The first-order valence-corrected chi connectivity index (χ1v) is 14.3. The summed E-state index contributed by atoms with van der Waals surface area (Å²) in [6.45, 7) is 8.17. The van der Waals surface area contributed by atoms with Crippen LogP contribution in [-0.4, -0.2) is 45.9 Å². The first kappa shape index (κ1) is 30.4. The number of nitro groups is 1. The normalized spacial score (nSPS) is 16.2. The predicted octanol–water partition coefficient (Wildman–Crippen LogP) is 5.98. The maximum Gasteiger partial charge on any atom is 0.350 e. The minimum atomic E-state index is -1.17. The van der Waals surface area contributed by atoms with Crippen molar-refractivity contribution in [1.82, 2.24) is 4.98 Å². The highest BCUT2D eigenvalue weighted by Gasteiger charge is 2.48. The van der Waals surface area contributed by atoms with Gasteiger partial charge in [-0.3, -0.25) is 24.6 Å². The number of nitrogens with zero attached hydrogens (tertiary/aromatic N) is 3. The molecule has 1 saturated heterocycles. The molecule has 2 aromatic carbocycles. The van der Waals surface area contributed by atoms with Gasteiger partial charge < -0.3 is 14.6 Å². The number of non-ortho nitro benzene ring substituents is 1. The molecule has 0 unspecified atom stereocenters. The van der Waals surface area contributed by atoms with Crippen LogP contribution in [0.4, 0.5) is 10.8 Å². The molecule has 220 valence electrons. The van der Waals surface area contributed by atoms with Gasteiger partial charge in [-0.25, -0.2) is 9.78 Å². The zero-order valence-corrected chi connectivity index (χ0v) is 24.5. The van der Waals surface area contributed by atoms with Crippen LogP contribution in [-0.2, 0) is 14.3 Å². The number of esters is 1. The van der Waals surface area contributed by atoms with Gasteiger partial charge in [-0.15, -0.1) is 0 Å². The van der Waals surface area contributed by atoms with Crippen LogP contribution in [0.1, 0.15) is 66.1 Å². The van der Waals surface area contributed by atoms with E-state index >= 15 is 0 Å². The van der Waals surface area contributed by atoms with Crippen LogP contribution in [0, 0.1) is 23.0 Å². The van der Waals surface area contributed by atoms with Gasteiger partial charge in [0, 0.05) is 17.7 Å². The highest BCUT2D eigenvalue weighted by molar-refractivity contribution is 7.17. The molecule has 0 spiro atoms. The van der Waals surface area contributed by atoms with Crippen LogP contribution in [0.5, 0.6) is 5.75 Å². The van der Waals surface area contributed by atoms with Crippen LogP contribution in [0.3, 0.4) is 0 Å². The summed E-state index contributed by atoms with van der Waals surface area (Å²) < 4.78 is 11.0. The molecule has 1 aliphatic heterocycles. The van der Waals surface area contributed by atoms with Crippen molar-refractivity contribution < 1.29 is 33.9 Å². The number of anilines is 1. The number of ketones is 1. The molecule has 1 amide bonds. The van der Waals surface area contributed by atoms with E-state index < -0.39 is 34.4 Å². The standard InChI is InChI=1S/C30H31N3O8S/c1-5-6-15-40-22-13-9-20(10-14-22)25(34)23-24(19-7-11-21(12-8-19)33(38)39)32(28(36)26(23)35)30-31-18(4)27(42-30)29(37)41-16-17(2)3/h7-14,17,24,34H,5-6,15-16H2,1-4H3/t24-/m0/s1. The molecule has 42 heavy (non-hydrogen) atoms. The molecular formula is C30H31N3O8S. The second-order valence-corrected chi connectivity index (χ2v) is 11.1. The van der Waals surface area contributed by atoms with Gasteiger partial charge >= 0.3 is 11.9 Å². The largest absolute Gasteiger partial charge is 0.507 e. The monoisotopic (exact) mass is 593 g/mol. The van der Waals surface area contributed by atoms with E-state index in [1.807, 2.05) is 20.8 Å². The molecular weight excluding hydrogens is 562 g/mol. The van der Waals surface area contributed by atoms with E-state index in [1.165, 1.54) is 24.3 Å². The second-order valence-electron chi connectivity index (χ2n) is 10.1. The number of aliphatic hydroxyl groups is 1. The number of aliphatic hydroxyl groups excluding tert-OH is 1. The third-order valence-electron chi connectivity index (χ3n) is 6.48. The molecule has 4 rings (SSSR count). The van der Waals surface area contributed by atoms with Crippen molar-refractivity contribution in [1.29, 1.82) is 0 Å². The predicted molar refractivity (Wildman–Crippen MR) is 157 cm³/mol. The molecule has 12 heteroatoms. The summed E-state index contributed by atoms with van der Waals surface area (Å²) in [6, 6.07) is 10.6. The zero-order valence-electron chi connectivity index (χ0n) is 23.7. The van der Waals surface area contributed by atoms with Crippen molar-refractivity contribution in [3.8, 4) is 5.75 Å². The molecule has 11 nitrogen and oxygen atoms in total. The lowest BCUT2D eigenvalue weighted by atomic mass is 9.95. The van der Waals surface area contributed by atoms with Crippen LogP contribution < -0.4 is 9.64 Å². The van der Waals surface area contributed by atoms with Crippen LogP contribution in [0.15, 0.2) is 54.1 Å². The quantitative estimate of drug-likeness (QED) is 0.0539. The SMILES string of the molecule is CCCCOc1ccc(C(O)=C2C(=O)C(=O)N(c3nc(C)c(C(=O)OCC(C)C)s3)[C@H]2c2ccc([N+](=O)[O-])cc2)cc1. The van der Waals surface area contributed by atoms with Crippen LogP contribution in [0.2, 0.25) is 0 Å². The first-order valence-electron chi connectivity index (χ1n) is 13.5. The summed E-state index contributed by atoms with van der Waals surface area (Å²) in [5, 5.41) is 22.7. The lowest BCUT2D eigenvalue weighted by Gasteiger charge is -2.23. The number of rotatable bonds is 11. The lowest BCUT2D eigenvalue weighted by Crippen LogP contribution is -2.29. The van der Waals surface area contributed by atoms with Crippen molar-refractivity contribution >= 4 is 45.6 Å². The van der Waals surface area contributed by atoms with Gasteiger partial charge in [0.1, 0.15) is 16.4 Å². The number of hydrogen-bond donors (Lipinski definition) is 1. The Morgan fingerprint density at radius 2 is 1.81 bits per heavy atom. The van der Waals surface area contributed by atoms with Crippen LogP contribution >= 0.6 is 11.3 Å². The Bertz CT molecular complexity index is 1530. The third-order valence-corrected chi connectivity index (χ3v) is 7.62. The molecule has 2 heterocycles. The third kappa shape index (κ3) is 6.33. The van der Waals surface area contributed by atoms with Crippen molar-refractivity contribution in [3.63, 3.8) is 0 Å². The molecule has 3 aromatic rings. The minimum absolute atomic E-state index is 0.0492. The number of Topliss-reactive ketones (excluding diaryl/α,β-unsaturated/α-hetero) is 1. The van der Waals surface area contributed by atoms with Gasteiger partial charge in [0.2, 0.25) is 0 Å². The van der Waals surface area contributed by atoms with E-state index in [9.17, 15) is 29.6 Å². The Kier molecular flexibility index (Phi) is 9.36. The van der Waals surface area contributed by atoms with Crippen molar-refractivity contribution in [2.45, 2.75) is 46.6 Å². The number of benzene rings is 2. The maximum atomic E-state index is 13.5. The maximum absolute atomic E-state index is 13.5. The summed E-state index contributed by atoms with van der Waals surface area (Å²) in [6.07, 6.45) is 1.86. The van der Waals surface area contributed by atoms with Crippen molar-refractivity contribution in [3.05, 3.63) is 85.9 Å². The van der Waals surface area contributed by atoms with Gasteiger partial charge in [0.05, 0.1) is 35.4 Å². The summed E-state index contributed by atoms with van der Waals surface area (Å²) in [5.74, 6) is -2.26. The van der Waals surface area contributed by atoms with E-state index in [0.717, 1.165) is 29.1 Å². The molecule has 0 radical (unpaired) electrons.